The fraction of sp³-hybridized carbons (Fsp3) is 0.480. The number of ether oxygens (including phenoxy) is 1. The minimum absolute atomic E-state index is 0.0639. The quantitative estimate of drug-likeness (QED) is 0.432. The van der Waals surface area contributed by atoms with E-state index >= 15 is 0 Å². The Bertz CT molecular complexity index is 1080. The molecule has 1 aromatic heterocycles. The van der Waals surface area contributed by atoms with Crippen LogP contribution in [0.25, 0.3) is 5.69 Å². The van der Waals surface area contributed by atoms with E-state index in [-0.39, 0.29) is 30.4 Å². The van der Waals surface area contributed by atoms with E-state index in [1.807, 2.05) is 0 Å². The monoisotopic (exact) mass is 503 g/mol. The van der Waals surface area contributed by atoms with Crippen LogP contribution in [-0.2, 0) is 4.74 Å². The molecule has 0 spiro atoms. The Hall–Kier alpha value is -3.60. The molecular formula is C25H34FN5O5. The molecular weight excluding hydrogens is 469 g/mol. The van der Waals surface area contributed by atoms with Crippen molar-refractivity contribution in [2.75, 3.05) is 31.6 Å². The number of hydrogen-bond donors (Lipinski definition) is 4. The summed E-state index contributed by atoms with van der Waals surface area (Å²) in [7, 11) is 0. The van der Waals surface area contributed by atoms with E-state index in [4.69, 9.17) is 9.84 Å². The highest BCUT2D eigenvalue weighted by molar-refractivity contribution is 6.03. The van der Waals surface area contributed by atoms with Gasteiger partial charge in [0.05, 0.1) is 11.3 Å². The number of anilines is 1. The topological polar surface area (TPSA) is 125 Å². The first-order valence-electron chi connectivity index (χ1n) is 12.0. The average Bonchev–Trinajstić information content (AvgIpc) is 3.22. The average molecular weight is 504 g/mol. The molecule has 1 aliphatic heterocycles. The van der Waals surface area contributed by atoms with Gasteiger partial charge < -0.3 is 35.3 Å². The van der Waals surface area contributed by atoms with Crippen LogP contribution in [0.5, 0.6) is 0 Å². The van der Waals surface area contributed by atoms with Gasteiger partial charge in [0.1, 0.15) is 11.4 Å². The van der Waals surface area contributed by atoms with E-state index < -0.39 is 29.4 Å². The molecule has 196 valence electrons. The molecule has 1 saturated heterocycles. The number of amides is 4. The van der Waals surface area contributed by atoms with Crippen molar-refractivity contribution in [3.05, 3.63) is 48.0 Å². The number of hydrogen-bond acceptors (Lipinski definition) is 5. The van der Waals surface area contributed by atoms with Crippen molar-refractivity contribution in [2.24, 2.45) is 0 Å². The van der Waals surface area contributed by atoms with Gasteiger partial charge in [-0.2, -0.15) is 0 Å². The number of aliphatic hydroxyl groups is 1. The lowest BCUT2D eigenvalue weighted by molar-refractivity contribution is 0.0185. The number of aliphatic hydroxyl groups excluding tert-OH is 1. The predicted octanol–water partition coefficient (Wildman–Crippen LogP) is 3.25. The maximum absolute atomic E-state index is 13.8. The minimum Gasteiger partial charge on any atom is -0.444 e. The second-order valence-corrected chi connectivity index (χ2v) is 9.67. The van der Waals surface area contributed by atoms with E-state index in [1.54, 1.807) is 42.4 Å². The smallest absolute Gasteiger partial charge is 0.410 e. The zero-order valence-corrected chi connectivity index (χ0v) is 20.8. The first-order valence-corrected chi connectivity index (χ1v) is 12.0. The number of nitrogens with zero attached hydrogens (tertiary/aromatic N) is 2. The fourth-order valence-corrected chi connectivity index (χ4v) is 3.82. The molecule has 2 aromatic rings. The number of halogens is 1. The molecule has 1 atom stereocenters. The molecule has 1 aromatic carbocycles. The van der Waals surface area contributed by atoms with E-state index in [0.717, 1.165) is 0 Å². The molecule has 0 saturated carbocycles. The Kier molecular flexibility index (Phi) is 8.92. The molecule has 4 amide bonds. The Balaban J connectivity index is 1.76. The summed E-state index contributed by atoms with van der Waals surface area (Å²) in [4.78, 5) is 39.6. The molecule has 2 heterocycles. The summed E-state index contributed by atoms with van der Waals surface area (Å²) >= 11 is 0. The highest BCUT2D eigenvalue weighted by atomic mass is 19.1. The summed E-state index contributed by atoms with van der Waals surface area (Å²) in [5.41, 5.74) is 0.279. The van der Waals surface area contributed by atoms with Crippen LogP contribution in [-0.4, -0.2) is 70.5 Å². The van der Waals surface area contributed by atoms with Gasteiger partial charge in [0.25, 0.3) is 5.91 Å². The van der Waals surface area contributed by atoms with E-state index in [1.165, 1.54) is 24.5 Å². The number of likely N-dealkylation sites (tertiary alicyclic amines) is 1. The van der Waals surface area contributed by atoms with E-state index in [0.29, 0.717) is 38.0 Å². The molecule has 3 rings (SSSR count). The van der Waals surface area contributed by atoms with Crippen LogP contribution < -0.4 is 16.0 Å². The van der Waals surface area contributed by atoms with Crippen LogP contribution in [0.1, 0.15) is 50.4 Å². The zero-order chi connectivity index (χ0) is 26.3. The lowest BCUT2D eigenvalue weighted by Crippen LogP contribution is -2.50. The summed E-state index contributed by atoms with van der Waals surface area (Å²) in [5, 5.41) is 17.1. The molecule has 0 radical (unpaired) electrons. The fourth-order valence-electron chi connectivity index (χ4n) is 3.82. The van der Waals surface area contributed by atoms with Gasteiger partial charge in [0.2, 0.25) is 0 Å². The number of carbonyl (C=O) groups is 3. The molecule has 1 aliphatic rings. The second-order valence-electron chi connectivity index (χ2n) is 9.67. The van der Waals surface area contributed by atoms with Gasteiger partial charge in [-0.05, 0) is 58.2 Å². The van der Waals surface area contributed by atoms with Gasteiger partial charge in [-0.3, -0.25) is 4.79 Å². The van der Waals surface area contributed by atoms with Crippen molar-refractivity contribution < 1.29 is 28.6 Å². The summed E-state index contributed by atoms with van der Waals surface area (Å²) in [5.74, 6) is -0.875. The molecule has 1 fully saturated rings. The van der Waals surface area contributed by atoms with E-state index in [9.17, 15) is 18.8 Å². The van der Waals surface area contributed by atoms with Crippen molar-refractivity contribution in [1.29, 1.82) is 0 Å². The Morgan fingerprint density at radius 1 is 1.22 bits per heavy atom. The van der Waals surface area contributed by atoms with E-state index in [2.05, 4.69) is 16.0 Å². The summed E-state index contributed by atoms with van der Waals surface area (Å²) in [6.45, 7) is 6.43. The highest BCUT2D eigenvalue weighted by Crippen LogP contribution is 2.23. The Labute approximate surface area is 209 Å². The van der Waals surface area contributed by atoms with Gasteiger partial charge in [-0.25, -0.2) is 14.0 Å². The van der Waals surface area contributed by atoms with Crippen molar-refractivity contribution in [2.45, 2.75) is 51.7 Å². The molecule has 0 bridgehead atoms. The maximum Gasteiger partial charge on any atom is 0.410 e. The van der Waals surface area contributed by atoms with Crippen LogP contribution in [0.2, 0.25) is 0 Å². The van der Waals surface area contributed by atoms with Crippen LogP contribution in [0.4, 0.5) is 19.7 Å². The van der Waals surface area contributed by atoms with Crippen LogP contribution in [0.3, 0.4) is 0 Å². The van der Waals surface area contributed by atoms with Crippen LogP contribution in [0, 0.1) is 5.82 Å². The number of nitrogens with one attached hydrogen (secondary N) is 3. The molecule has 36 heavy (non-hydrogen) atoms. The number of rotatable bonds is 7. The standard InChI is InChI=1S/C25H34FN5O5/c1-25(2,3)36-24(35)30-11-5-8-18(14-30)28-22(33)20-15-31(19-9-4-7-17(26)13-19)16-21(20)29-23(34)27-10-6-12-32/h4,7,9,13,15-16,18,32H,5-6,8,10-12,14H2,1-3H3,(H,28,33)(H2,27,29,34). The van der Waals surface area contributed by atoms with Gasteiger partial charge in [0.15, 0.2) is 0 Å². The molecule has 10 nitrogen and oxygen atoms in total. The largest absolute Gasteiger partial charge is 0.444 e. The third kappa shape index (κ3) is 7.70. The molecule has 11 heteroatoms. The number of benzene rings is 1. The number of aromatic nitrogens is 1. The Morgan fingerprint density at radius 3 is 2.69 bits per heavy atom. The van der Waals surface area contributed by atoms with Crippen LogP contribution >= 0.6 is 0 Å². The first kappa shape index (κ1) is 27.0. The summed E-state index contributed by atoms with van der Waals surface area (Å²) in [6, 6.07) is 5.01. The zero-order valence-electron chi connectivity index (χ0n) is 20.8. The predicted molar refractivity (Wildman–Crippen MR) is 133 cm³/mol. The lowest BCUT2D eigenvalue weighted by atomic mass is 10.1. The molecule has 1 unspecified atom stereocenters. The third-order valence-electron chi connectivity index (χ3n) is 5.45. The normalized spacial score (nSPS) is 15.8. The highest BCUT2D eigenvalue weighted by Gasteiger charge is 2.29. The van der Waals surface area contributed by atoms with Gasteiger partial charge in [-0.1, -0.05) is 6.07 Å². The minimum atomic E-state index is -0.620. The van der Waals surface area contributed by atoms with Crippen molar-refractivity contribution in [3.8, 4) is 5.69 Å². The first-order chi connectivity index (χ1) is 17.1. The maximum atomic E-state index is 13.8. The second kappa shape index (κ2) is 11.9. The van der Waals surface area contributed by atoms with Crippen LogP contribution in [0.15, 0.2) is 36.7 Å². The Morgan fingerprint density at radius 2 is 2.00 bits per heavy atom. The van der Waals surface area contributed by atoms with Gasteiger partial charge in [-0.15, -0.1) is 0 Å². The number of carbonyl (C=O) groups excluding carboxylic acids is 3. The van der Waals surface area contributed by atoms with Gasteiger partial charge >= 0.3 is 12.1 Å². The number of urea groups is 1. The third-order valence-corrected chi connectivity index (χ3v) is 5.45. The summed E-state index contributed by atoms with van der Waals surface area (Å²) < 4.78 is 20.8. The van der Waals surface area contributed by atoms with Crippen molar-refractivity contribution in [3.63, 3.8) is 0 Å². The molecule has 4 N–H and O–H groups in total. The van der Waals surface area contributed by atoms with Gasteiger partial charge in [0, 0.05) is 50.4 Å². The van der Waals surface area contributed by atoms with Crippen molar-refractivity contribution >= 4 is 23.7 Å². The molecule has 0 aliphatic carbocycles. The summed E-state index contributed by atoms with van der Waals surface area (Å²) in [6.07, 6.45) is 4.39. The number of piperidine rings is 1. The SMILES string of the molecule is CC(C)(C)OC(=O)N1CCCC(NC(=O)c2cn(-c3cccc(F)c3)cc2NC(=O)NCCCO)C1. The van der Waals surface area contributed by atoms with Crippen molar-refractivity contribution in [1.82, 2.24) is 20.1 Å². The lowest BCUT2D eigenvalue weighted by Gasteiger charge is -2.34.